The molecule has 0 saturated carbocycles. The highest BCUT2D eigenvalue weighted by Crippen LogP contribution is 2.38. The monoisotopic (exact) mass is 648 g/mol. The van der Waals surface area contributed by atoms with Gasteiger partial charge in [0.1, 0.15) is 11.5 Å². The van der Waals surface area contributed by atoms with Crippen molar-refractivity contribution in [3.8, 4) is 39.1 Å². The van der Waals surface area contributed by atoms with Crippen LogP contribution in [0.15, 0.2) is 85.6 Å². The fourth-order valence-electron chi connectivity index (χ4n) is 4.62. The third-order valence-electron chi connectivity index (χ3n) is 6.89. The van der Waals surface area contributed by atoms with E-state index in [4.69, 9.17) is 9.47 Å². The van der Waals surface area contributed by atoms with Crippen molar-refractivity contribution in [2.45, 2.75) is 12.6 Å². The number of halogens is 3. The molecule has 1 unspecified atom stereocenters. The Balaban J connectivity index is 1.08. The van der Waals surface area contributed by atoms with Crippen molar-refractivity contribution >= 4 is 34.2 Å². The van der Waals surface area contributed by atoms with Gasteiger partial charge in [0.05, 0.1) is 28.5 Å². The number of carbonyl (C=O) groups excluding carboxylic acids is 2. The Morgan fingerprint density at radius 2 is 1.80 bits per heavy atom. The summed E-state index contributed by atoms with van der Waals surface area (Å²) in [4.78, 5) is 43.8. The molecule has 5 aromatic rings. The number of aromatic nitrogens is 4. The second-order valence-corrected chi connectivity index (χ2v) is 11.1. The summed E-state index contributed by atoms with van der Waals surface area (Å²) in [5.74, 6) is -0.0270. The fourth-order valence-corrected chi connectivity index (χ4v) is 5.57. The van der Waals surface area contributed by atoms with Gasteiger partial charge in [0.25, 0.3) is 0 Å². The third-order valence-corrected chi connectivity index (χ3v) is 7.96. The van der Waals surface area contributed by atoms with E-state index in [-0.39, 0.29) is 41.4 Å². The Bertz CT molecular complexity index is 1850. The molecule has 2 N–H and O–H groups in total. The number of nitrogens with one attached hydrogen (secondary N) is 1. The minimum absolute atomic E-state index is 0.0190. The molecule has 1 aliphatic heterocycles. The van der Waals surface area contributed by atoms with Crippen LogP contribution in [-0.4, -0.2) is 50.2 Å². The molecule has 46 heavy (non-hydrogen) atoms. The van der Waals surface area contributed by atoms with Gasteiger partial charge in [-0.1, -0.05) is 17.4 Å². The number of pyridine rings is 1. The summed E-state index contributed by atoms with van der Waals surface area (Å²) in [5, 5.41) is 12.3. The second-order valence-electron chi connectivity index (χ2n) is 10.1. The van der Waals surface area contributed by atoms with Crippen LogP contribution in [-0.2, 0) is 11.0 Å². The van der Waals surface area contributed by atoms with Crippen LogP contribution in [0.2, 0.25) is 0 Å². The predicted octanol–water partition coefficient (Wildman–Crippen LogP) is 6.43. The third kappa shape index (κ3) is 6.95. The van der Waals surface area contributed by atoms with Gasteiger partial charge < -0.3 is 14.6 Å². The summed E-state index contributed by atoms with van der Waals surface area (Å²) >= 11 is 1.37. The van der Waals surface area contributed by atoms with Gasteiger partial charge in [0, 0.05) is 55.2 Å². The molecule has 2 amide bonds. The summed E-state index contributed by atoms with van der Waals surface area (Å²) in [7, 11) is 0. The van der Waals surface area contributed by atoms with Crippen molar-refractivity contribution < 1.29 is 37.3 Å². The normalized spacial score (nSPS) is 14.7. The molecule has 0 spiro atoms. The first-order chi connectivity index (χ1) is 22.2. The maximum atomic E-state index is 13.3. The Hall–Kier alpha value is -5.41. The molecular formula is C31H23F3N6O5S. The largest absolute Gasteiger partial charge is 0.424 e. The van der Waals surface area contributed by atoms with Crippen LogP contribution in [0, 0.1) is 5.92 Å². The van der Waals surface area contributed by atoms with Gasteiger partial charge in [-0.3, -0.25) is 20.0 Å². The van der Waals surface area contributed by atoms with Gasteiger partial charge in [-0.05, 0) is 54.1 Å². The number of benzene rings is 2. The van der Waals surface area contributed by atoms with Crippen LogP contribution in [0.5, 0.6) is 17.5 Å². The van der Waals surface area contributed by atoms with Gasteiger partial charge in [-0.25, -0.2) is 19.7 Å². The van der Waals surface area contributed by atoms with E-state index in [0.29, 0.717) is 29.4 Å². The Morgan fingerprint density at radius 3 is 2.48 bits per heavy atom. The zero-order valence-electron chi connectivity index (χ0n) is 23.6. The van der Waals surface area contributed by atoms with E-state index in [1.54, 1.807) is 35.4 Å². The summed E-state index contributed by atoms with van der Waals surface area (Å²) in [5.41, 5.74) is 0.700. The van der Waals surface area contributed by atoms with Crippen molar-refractivity contribution in [2.75, 3.05) is 23.4 Å². The molecule has 15 heteroatoms. The van der Waals surface area contributed by atoms with E-state index in [2.05, 4.69) is 25.3 Å². The average Bonchev–Trinajstić information content (AvgIpc) is 3.69. The summed E-state index contributed by atoms with van der Waals surface area (Å²) in [6.07, 6.45) is 1.75. The lowest BCUT2D eigenvalue weighted by atomic mass is 10.0. The molecule has 0 bridgehead atoms. The molecule has 1 fully saturated rings. The first-order valence-electron chi connectivity index (χ1n) is 13.7. The highest BCUT2D eigenvalue weighted by atomic mass is 32.1. The number of hydrogen-bond acceptors (Lipinski definition) is 10. The molecule has 234 valence electrons. The van der Waals surface area contributed by atoms with E-state index in [1.807, 2.05) is 12.1 Å². The SMILES string of the molecule is O=C(Nc1cnc(Oc2ccc(-c3cnc(N4CC(CO)CC4=O)s3)cc2)nc1)Oc1cc(C(F)(F)F)ccc1-c1cccnc1. The Morgan fingerprint density at radius 1 is 1.02 bits per heavy atom. The number of alkyl halides is 3. The molecule has 0 radical (unpaired) electrons. The molecular weight excluding hydrogens is 625 g/mol. The van der Waals surface area contributed by atoms with Gasteiger partial charge in [0.15, 0.2) is 5.13 Å². The Labute approximate surface area is 263 Å². The summed E-state index contributed by atoms with van der Waals surface area (Å²) < 4.78 is 51.0. The van der Waals surface area contributed by atoms with Crippen LogP contribution in [0.3, 0.4) is 0 Å². The zero-order chi connectivity index (χ0) is 32.3. The molecule has 4 heterocycles. The van der Waals surface area contributed by atoms with Crippen LogP contribution in [0.4, 0.5) is 28.8 Å². The minimum atomic E-state index is -4.64. The number of aliphatic hydroxyl groups excluding tert-OH is 1. The van der Waals surface area contributed by atoms with Crippen molar-refractivity contribution in [1.82, 2.24) is 19.9 Å². The van der Waals surface area contributed by atoms with Crippen LogP contribution < -0.4 is 19.7 Å². The number of nitrogens with zero attached hydrogens (tertiary/aromatic N) is 5. The predicted molar refractivity (Wildman–Crippen MR) is 162 cm³/mol. The number of aliphatic hydroxyl groups is 1. The summed E-state index contributed by atoms with van der Waals surface area (Å²) in [6.45, 7) is 0.391. The minimum Gasteiger partial charge on any atom is -0.424 e. The fraction of sp³-hybridized carbons (Fsp3) is 0.161. The topological polar surface area (TPSA) is 140 Å². The lowest BCUT2D eigenvalue weighted by Gasteiger charge is -2.14. The lowest BCUT2D eigenvalue weighted by molar-refractivity contribution is -0.137. The number of amides is 2. The summed E-state index contributed by atoms with van der Waals surface area (Å²) in [6, 6.07) is 13.1. The molecule has 1 aliphatic rings. The maximum Gasteiger partial charge on any atom is 0.417 e. The van der Waals surface area contributed by atoms with Gasteiger partial charge >= 0.3 is 18.3 Å². The molecule has 6 rings (SSSR count). The van der Waals surface area contributed by atoms with Gasteiger partial charge in [-0.15, -0.1) is 0 Å². The molecule has 3 aromatic heterocycles. The number of thiazole rings is 1. The van der Waals surface area contributed by atoms with Crippen molar-refractivity contribution in [2.24, 2.45) is 5.92 Å². The molecule has 0 aliphatic carbocycles. The van der Waals surface area contributed by atoms with E-state index in [0.717, 1.165) is 22.6 Å². The number of hydrogen-bond donors (Lipinski definition) is 2. The van der Waals surface area contributed by atoms with E-state index < -0.39 is 17.8 Å². The first kappa shape index (κ1) is 30.6. The molecule has 1 saturated heterocycles. The van der Waals surface area contributed by atoms with E-state index >= 15 is 0 Å². The van der Waals surface area contributed by atoms with Gasteiger partial charge in [-0.2, -0.15) is 13.2 Å². The first-order valence-corrected chi connectivity index (χ1v) is 14.6. The number of anilines is 2. The quantitative estimate of drug-likeness (QED) is 0.195. The Kier molecular flexibility index (Phi) is 8.59. The number of ether oxygens (including phenoxy) is 2. The molecule has 11 nitrogen and oxygen atoms in total. The van der Waals surface area contributed by atoms with Crippen molar-refractivity contribution in [3.63, 3.8) is 0 Å². The van der Waals surface area contributed by atoms with Crippen LogP contribution in [0.25, 0.3) is 21.6 Å². The highest BCUT2D eigenvalue weighted by Gasteiger charge is 2.33. The lowest BCUT2D eigenvalue weighted by Crippen LogP contribution is -2.24. The van der Waals surface area contributed by atoms with Crippen LogP contribution >= 0.6 is 11.3 Å². The number of rotatable bonds is 8. The molecule has 2 aromatic carbocycles. The van der Waals surface area contributed by atoms with Crippen LogP contribution in [0.1, 0.15) is 12.0 Å². The molecule has 1 atom stereocenters. The smallest absolute Gasteiger partial charge is 0.417 e. The van der Waals surface area contributed by atoms with Gasteiger partial charge in [0.2, 0.25) is 5.91 Å². The maximum absolute atomic E-state index is 13.3. The number of carbonyl (C=O) groups is 2. The van der Waals surface area contributed by atoms with Crippen molar-refractivity contribution in [1.29, 1.82) is 0 Å². The average molecular weight is 649 g/mol. The zero-order valence-corrected chi connectivity index (χ0v) is 24.5. The van der Waals surface area contributed by atoms with E-state index in [9.17, 15) is 27.9 Å². The second kappa shape index (κ2) is 12.9. The van der Waals surface area contributed by atoms with E-state index in [1.165, 1.54) is 42.2 Å². The highest BCUT2D eigenvalue weighted by molar-refractivity contribution is 7.19. The van der Waals surface area contributed by atoms with Crippen molar-refractivity contribution in [3.05, 3.63) is 91.1 Å². The standard InChI is InChI=1S/C31H23F3N6O5S/c32-31(33,34)21-5-8-24(20-2-1-9-35-12-20)25(11-21)45-30(43)39-22-13-36-28(37-14-22)44-23-6-3-19(4-7-23)26-15-38-29(46-26)40-16-18(17-41)10-27(40)42/h1-9,11-15,18,41H,10,16-17H2,(H,39,43).